The number of nitrogens with zero attached hydrogens (tertiary/aromatic N) is 2. The topological polar surface area (TPSA) is 113 Å². The number of phosphoric acid groups is 1. The van der Waals surface area contributed by atoms with Crippen molar-refractivity contribution in [3.63, 3.8) is 0 Å². The zero-order valence-electron chi connectivity index (χ0n) is 31.4. The molecular weight excluding hydrogens is 587 g/mol. The Morgan fingerprint density at radius 3 is 0.978 bits per heavy atom. The molecule has 45 heavy (non-hydrogen) atoms. The van der Waals surface area contributed by atoms with E-state index in [4.69, 9.17) is 10.2 Å². The van der Waals surface area contributed by atoms with Gasteiger partial charge in [-0.25, -0.2) is 0 Å². The predicted octanol–water partition coefficient (Wildman–Crippen LogP) is 7.58. The molecule has 0 spiro atoms. The van der Waals surface area contributed by atoms with E-state index < -0.39 is 7.82 Å². The molecule has 0 aliphatic carbocycles. The zero-order valence-corrected chi connectivity index (χ0v) is 32.3. The monoisotopic (exact) mass is 669 g/mol. The minimum absolute atomic E-state index is 0.0147. The summed E-state index contributed by atoms with van der Waals surface area (Å²) in [4.78, 5) is 19.5. The maximum Gasteiger partial charge on any atom is 0.102 e. The average Bonchev–Trinajstić information content (AvgIpc) is 2.95. The molecular formula is C36H81N2O6P. The van der Waals surface area contributed by atoms with Crippen LogP contribution in [0.4, 0.5) is 0 Å². The highest BCUT2D eigenvalue weighted by atomic mass is 31.2. The molecule has 0 aromatic rings. The van der Waals surface area contributed by atoms with Crippen LogP contribution in [-0.2, 0) is 9.09 Å². The van der Waals surface area contributed by atoms with Gasteiger partial charge in [-0.3, -0.25) is 0 Å². The standard InChI is InChI=1S/2C16H36NO.C4H11O4P/c2*1-4-5-6-7-8-9-10-11-12-13-14-17(2,3)15-16-18;1-2-3-4-8-9(5,6)7/h2*18H,4-16H2,1-3H3;2-4H2,1H3,(H2,5,6,7)/q2*+1;/p-2. The molecule has 0 bridgehead atoms. The highest BCUT2D eigenvalue weighted by molar-refractivity contribution is 7.43. The van der Waals surface area contributed by atoms with Gasteiger partial charge < -0.3 is 38.1 Å². The Hall–Kier alpha value is -0.0500. The molecule has 0 aromatic carbocycles. The van der Waals surface area contributed by atoms with E-state index in [-0.39, 0.29) is 6.61 Å². The van der Waals surface area contributed by atoms with Crippen molar-refractivity contribution in [2.75, 3.05) is 74.2 Å². The van der Waals surface area contributed by atoms with Gasteiger partial charge in [-0.1, -0.05) is 130 Å². The van der Waals surface area contributed by atoms with E-state index in [1.165, 1.54) is 142 Å². The van der Waals surface area contributed by atoms with Gasteiger partial charge in [-0.05, 0) is 32.1 Å². The van der Waals surface area contributed by atoms with Gasteiger partial charge in [-0.15, -0.1) is 0 Å². The van der Waals surface area contributed by atoms with Crippen LogP contribution in [0.15, 0.2) is 0 Å². The van der Waals surface area contributed by atoms with Gasteiger partial charge >= 0.3 is 0 Å². The fraction of sp³-hybridized carbons (Fsp3) is 1.00. The van der Waals surface area contributed by atoms with E-state index in [9.17, 15) is 14.4 Å². The van der Waals surface area contributed by atoms with Gasteiger partial charge in [0.25, 0.3) is 0 Å². The highest BCUT2D eigenvalue weighted by Gasteiger charge is 2.13. The van der Waals surface area contributed by atoms with Crippen LogP contribution in [0.1, 0.15) is 162 Å². The third-order valence-electron chi connectivity index (χ3n) is 8.39. The van der Waals surface area contributed by atoms with Crippen molar-refractivity contribution >= 4 is 7.82 Å². The second-order valence-corrected chi connectivity index (χ2v) is 15.4. The molecule has 0 aliphatic rings. The number of hydrogen-bond donors (Lipinski definition) is 2. The number of unbranched alkanes of at least 4 members (excludes halogenated alkanes) is 19. The Kier molecular flexibility index (Phi) is 38.7. The minimum Gasteiger partial charge on any atom is -0.790 e. The van der Waals surface area contributed by atoms with Crippen LogP contribution >= 0.6 is 7.82 Å². The lowest BCUT2D eigenvalue weighted by molar-refractivity contribution is -0.890. The first kappa shape index (κ1) is 49.3. The number of likely N-dealkylation sites (N-methyl/N-ethyl adjacent to an activating group) is 2. The summed E-state index contributed by atoms with van der Waals surface area (Å²) < 4.78 is 15.6. The zero-order chi connectivity index (χ0) is 34.7. The number of quaternary nitrogens is 2. The van der Waals surface area contributed by atoms with Crippen molar-refractivity contribution in [3.05, 3.63) is 0 Å². The van der Waals surface area contributed by atoms with Crippen molar-refractivity contribution in [1.29, 1.82) is 0 Å². The van der Waals surface area contributed by atoms with E-state index in [1.807, 2.05) is 6.92 Å². The molecule has 0 radical (unpaired) electrons. The van der Waals surface area contributed by atoms with Gasteiger partial charge in [0.05, 0.1) is 68.9 Å². The van der Waals surface area contributed by atoms with Crippen LogP contribution in [0.2, 0.25) is 0 Å². The largest absolute Gasteiger partial charge is 0.790 e. The van der Waals surface area contributed by atoms with Gasteiger partial charge in [0.1, 0.15) is 13.1 Å². The predicted molar refractivity (Wildman–Crippen MR) is 190 cm³/mol. The fourth-order valence-electron chi connectivity index (χ4n) is 5.14. The molecule has 8 nitrogen and oxygen atoms in total. The molecule has 0 atom stereocenters. The summed E-state index contributed by atoms with van der Waals surface area (Å²) in [6, 6.07) is 0. The second kappa shape index (κ2) is 35.3. The molecule has 276 valence electrons. The smallest absolute Gasteiger partial charge is 0.102 e. The van der Waals surface area contributed by atoms with Crippen molar-refractivity contribution in [1.82, 2.24) is 0 Å². The van der Waals surface area contributed by atoms with E-state index in [0.29, 0.717) is 19.6 Å². The first-order valence-corrected chi connectivity index (χ1v) is 20.3. The quantitative estimate of drug-likeness (QED) is 0.0464. The summed E-state index contributed by atoms with van der Waals surface area (Å²) in [6.45, 7) is 11.2. The first-order chi connectivity index (χ1) is 21.3. The van der Waals surface area contributed by atoms with Gasteiger partial charge in [0.15, 0.2) is 0 Å². The van der Waals surface area contributed by atoms with Crippen molar-refractivity contribution in [2.45, 2.75) is 162 Å². The van der Waals surface area contributed by atoms with Crippen molar-refractivity contribution in [3.8, 4) is 0 Å². The van der Waals surface area contributed by atoms with E-state index in [2.05, 4.69) is 46.6 Å². The lowest BCUT2D eigenvalue weighted by atomic mass is 10.1. The second-order valence-electron chi connectivity index (χ2n) is 14.2. The fourth-order valence-corrected chi connectivity index (χ4v) is 5.49. The molecule has 0 heterocycles. The van der Waals surface area contributed by atoms with Gasteiger partial charge in [0.2, 0.25) is 0 Å². The Bertz CT molecular complexity index is 578. The number of rotatable bonds is 30. The van der Waals surface area contributed by atoms with Crippen molar-refractivity contribution in [2.24, 2.45) is 0 Å². The Balaban J connectivity index is -0.000000622. The third-order valence-corrected chi connectivity index (χ3v) is 8.89. The van der Waals surface area contributed by atoms with E-state index in [1.54, 1.807) is 0 Å². The molecule has 0 unspecified atom stereocenters. The molecule has 0 saturated carbocycles. The minimum atomic E-state index is -4.70. The Labute approximate surface area is 281 Å². The Morgan fingerprint density at radius 2 is 0.733 bits per heavy atom. The lowest BCUT2D eigenvalue weighted by Gasteiger charge is -2.28. The van der Waals surface area contributed by atoms with Crippen LogP contribution in [0.3, 0.4) is 0 Å². The molecule has 0 saturated heterocycles. The number of phosphoric ester groups is 1. The lowest BCUT2D eigenvalue weighted by Crippen LogP contribution is -2.42. The van der Waals surface area contributed by atoms with Crippen LogP contribution in [0.25, 0.3) is 0 Å². The molecule has 0 aliphatic heterocycles. The number of aliphatic hydroxyl groups excluding tert-OH is 2. The maximum atomic E-state index is 9.76. The highest BCUT2D eigenvalue weighted by Crippen LogP contribution is 2.24. The average molecular weight is 669 g/mol. The van der Waals surface area contributed by atoms with Crippen LogP contribution in [0.5, 0.6) is 0 Å². The summed E-state index contributed by atoms with van der Waals surface area (Å²) in [5, 5.41) is 17.9. The van der Waals surface area contributed by atoms with E-state index >= 15 is 0 Å². The van der Waals surface area contributed by atoms with Crippen LogP contribution < -0.4 is 9.79 Å². The van der Waals surface area contributed by atoms with Crippen molar-refractivity contribution < 1.29 is 38.1 Å². The summed E-state index contributed by atoms with van der Waals surface area (Å²) in [6.07, 6.45) is 29.4. The first-order valence-electron chi connectivity index (χ1n) is 18.8. The summed E-state index contributed by atoms with van der Waals surface area (Å²) >= 11 is 0. The molecule has 0 rings (SSSR count). The Morgan fingerprint density at radius 1 is 0.467 bits per heavy atom. The molecule has 2 N–H and O–H groups in total. The van der Waals surface area contributed by atoms with Crippen LogP contribution in [-0.4, -0.2) is 93.4 Å². The van der Waals surface area contributed by atoms with Gasteiger partial charge in [0, 0.05) is 0 Å². The molecule has 0 fully saturated rings. The molecule has 9 heteroatoms. The SMILES string of the molecule is CCCCCCCCCCCC[N+](C)(C)CCO.CCCCCCCCCCCC[N+](C)(C)CCO.CCCCOP(=O)([O-])[O-]. The van der Waals surface area contributed by atoms with E-state index in [0.717, 1.165) is 28.5 Å². The normalized spacial score (nSPS) is 12.0. The summed E-state index contributed by atoms with van der Waals surface area (Å²) in [7, 11) is 4.15. The summed E-state index contributed by atoms with van der Waals surface area (Å²) in [5.74, 6) is 0. The maximum absolute atomic E-state index is 9.76. The molecule has 0 aromatic heterocycles. The third kappa shape index (κ3) is 48.5. The van der Waals surface area contributed by atoms with Crippen LogP contribution in [0, 0.1) is 0 Å². The molecule has 0 amide bonds. The van der Waals surface area contributed by atoms with Gasteiger partial charge in [-0.2, -0.15) is 0 Å². The summed E-state index contributed by atoms with van der Waals surface area (Å²) in [5.41, 5.74) is 0. The number of aliphatic hydroxyl groups is 2. The number of hydrogen-bond acceptors (Lipinski definition) is 6.